The highest BCUT2D eigenvalue weighted by atomic mass is 16.5. The first-order valence-corrected chi connectivity index (χ1v) is 9.20. The topological polar surface area (TPSA) is 118 Å². The number of esters is 1. The molecule has 2 N–H and O–H groups in total. The molecule has 4 atom stereocenters. The number of carbonyl (C=O) groups excluding carboxylic acids is 1. The van der Waals surface area contributed by atoms with Gasteiger partial charge in [-0.25, -0.2) is 4.79 Å². The van der Waals surface area contributed by atoms with E-state index >= 15 is 0 Å². The van der Waals surface area contributed by atoms with E-state index in [0.717, 1.165) is 31.7 Å². The van der Waals surface area contributed by atoms with Gasteiger partial charge in [0.1, 0.15) is 5.76 Å². The molecule has 0 radical (unpaired) electrons. The predicted octanol–water partition coefficient (Wildman–Crippen LogP) is 1.41. The summed E-state index contributed by atoms with van der Waals surface area (Å²) in [7, 11) is 1.34. The Morgan fingerprint density at radius 3 is 2.71 bits per heavy atom. The molecule has 1 saturated carbocycles. The van der Waals surface area contributed by atoms with Gasteiger partial charge in [0.25, 0.3) is 6.47 Å². The fraction of sp³-hybridized carbons (Fsp3) is 0.526. The molecule has 0 spiro atoms. The second-order valence-electron chi connectivity index (χ2n) is 7.17. The molecule has 2 aromatic rings. The molecule has 9 heteroatoms. The number of likely N-dealkylation sites (tertiary alicyclic amines) is 1. The molecule has 2 aliphatic rings. The second kappa shape index (κ2) is 9.03. The van der Waals surface area contributed by atoms with Crippen LogP contribution in [0.4, 0.5) is 0 Å². The molecule has 1 aliphatic heterocycles. The number of rotatable bonds is 4. The Balaban J connectivity index is 0.000000706. The summed E-state index contributed by atoms with van der Waals surface area (Å²) in [5, 5.41) is 21.7. The maximum absolute atomic E-state index is 11.5. The van der Waals surface area contributed by atoms with Gasteiger partial charge in [-0.1, -0.05) is 0 Å². The number of nitrogens with zero attached hydrogens (tertiary/aromatic N) is 3. The van der Waals surface area contributed by atoms with Crippen molar-refractivity contribution in [3.8, 4) is 0 Å². The molecule has 1 saturated heterocycles. The third-order valence-electron chi connectivity index (χ3n) is 5.48. The van der Waals surface area contributed by atoms with E-state index in [1.54, 1.807) is 12.3 Å². The molecule has 3 heterocycles. The summed E-state index contributed by atoms with van der Waals surface area (Å²) in [6, 6.07) is 5.44. The average Bonchev–Trinajstić information content (AvgIpc) is 3.41. The van der Waals surface area contributed by atoms with Crippen LogP contribution in [0.25, 0.3) is 0 Å². The zero-order valence-corrected chi connectivity index (χ0v) is 15.7. The van der Waals surface area contributed by atoms with E-state index in [1.807, 2.05) is 23.0 Å². The third kappa shape index (κ3) is 4.42. The van der Waals surface area contributed by atoms with E-state index in [2.05, 4.69) is 14.7 Å². The van der Waals surface area contributed by atoms with Gasteiger partial charge in [0.2, 0.25) is 5.76 Å². The van der Waals surface area contributed by atoms with Gasteiger partial charge in [-0.15, -0.1) is 0 Å². The van der Waals surface area contributed by atoms with Crippen LogP contribution in [0, 0.1) is 11.8 Å². The van der Waals surface area contributed by atoms with Crippen molar-refractivity contribution in [1.29, 1.82) is 0 Å². The second-order valence-corrected chi connectivity index (χ2v) is 7.17. The van der Waals surface area contributed by atoms with E-state index in [-0.39, 0.29) is 24.4 Å². The van der Waals surface area contributed by atoms with Crippen LogP contribution in [0.3, 0.4) is 0 Å². The molecular weight excluding hydrogens is 366 g/mol. The monoisotopic (exact) mass is 391 g/mol. The molecule has 0 aromatic carbocycles. The fourth-order valence-electron chi connectivity index (χ4n) is 4.29. The Kier molecular flexibility index (Phi) is 6.48. The van der Waals surface area contributed by atoms with Gasteiger partial charge >= 0.3 is 5.97 Å². The van der Waals surface area contributed by atoms with Crippen molar-refractivity contribution in [2.24, 2.45) is 11.8 Å². The van der Waals surface area contributed by atoms with Crippen molar-refractivity contribution in [3.63, 3.8) is 0 Å². The van der Waals surface area contributed by atoms with Gasteiger partial charge in [0, 0.05) is 25.5 Å². The van der Waals surface area contributed by atoms with Crippen molar-refractivity contribution >= 4 is 12.4 Å². The van der Waals surface area contributed by atoms with Gasteiger partial charge in [0.15, 0.2) is 0 Å². The van der Waals surface area contributed by atoms with Crippen LogP contribution in [-0.2, 0) is 16.1 Å². The number of ether oxygens (including phenoxy) is 1. The highest BCUT2D eigenvalue weighted by molar-refractivity contribution is 5.86. The lowest BCUT2D eigenvalue weighted by molar-refractivity contribution is -0.122. The number of hydrogen-bond donors (Lipinski definition) is 2. The molecule has 2 aromatic heterocycles. The van der Waals surface area contributed by atoms with E-state index in [0.29, 0.717) is 18.4 Å². The van der Waals surface area contributed by atoms with Gasteiger partial charge in [-0.2, -0.15) is 5.10 Å². The standard InChI is InChI=1S/C18H23N3O4.CH2O2/c1-24-18(23)17-4-3-14(25-17)11-20-9-12-7-15(21-6-2-5-19-21)16(22)8-13(12)10-20;2-1-3/h2-6,12-13,15-16,22H,7-11H2,1H3;1H,(H,2,3)/t12-,13+,15-,16-;/m1./s1. The zero-order valence-electron chi connectivity index (χ0n) is 15.7. The minimum atomic E-state index is -0.452. The minimum absolute atomic E-state index is 0.0609. The van der Waals surface area contributed by atoms with Gasteiger partial charge in [-0.05, 0) is 42.9 Å². The lowest BCUT2D eigenvalue weighted by atomic mass is 9.77. The largest absolute Gasteiger partial charge is 0.483 e. The summed E-state index contributed by atoms with van der Waals surface area (Å²) < 4.78 is 12.1. The highest BCUT2D eigenvalue weighted by Crippen LogP contribution is 2.41. The lowest BCUT2D eigenvalue weighted by Gasteiger charge is -2.35. The summed E-state index contributed by atoms with van der Waals surface area (Å²) in [5.74, 6) is 1.60. The summed E-state index contributed by atoms with van der Waals surface area (Å²) in [6.07, 6.45) is 5.08. The van der Waals surface area contributed by atoms with Crippen LogP contribution in [0.5, 0.6) is 0 Å². The third-order valence-corrected chi connectivity index (χ3v) is 5.48. The summed E-state index contributed by atoms with van der Waals surface area (Å²) >= 11 is 0. The van der Waals surface area contributed by atoms with E-state index < -0.39 is 5.97 Å². The van der Waals surface area contributed by atoms with Gasteiger partial charge in [-0.3, -0.25) is 14.4 Å². The number of aliphatic hydroxyl groups is 1. The first kappa shape index (κ1) is 20.1. The van der Waals surface area contributed by atoms with Gasteiger partial charge in [0.05, 0.1) is 25.8 Å². The quantitative estimate of drug-likeness (QED) is 0.593. The van der Waals surface area contributed by atoms with Crippen LogP contribution < -0.4 is 0 Å². The van der Waals surface area contributed by atoms with E-state index in [1.165, 1.54) is 7.11 Å². The molecular formula is C19H25N3O6. The number of aromatic nitrogens is 2. The lowest BCUT2D eigenvalue weighted by Crippen LogP contribution is -2.36. The van der Waals surface area contributed by atoms with Crippen LogP contribution in [-0.4, -0.2) is 63.6 Å². The number of aliphatic hydroxyl groups excluding tert-OH is 1. The number of fused-ring (bicyclic) bond motifs is 1. The smallest absolute Gasteiger partial charge is 0.373 e. The maximum atomic E-state index is 11.5. The molecule has 0 bridgehead atoms. The Labute approximate surface area is 162 Å². The van der Waals surface area contributed by atoms with Crippen molar-refractivity contribution in [3.05, 3.63) is 42.1 Å². The van der Waals surface area contributed by atoms with Crippen molar-refractivity contribution in [2.45, 2.75) is 31.5 Å². The molecule has 4 rings (SSSR count). The first-order chi connectivity index (χ1) is 13.5. The Morgan fingerprint density at radius 1 is 1.36 bits per heavy atom. The number of carbonyl (C=O) groups is 2. The fourth-order valence-corrected chi connectivity index (χ4v) is 4.29. The van der Waals surface area contributed by atoms with Gasteiger partial charge < -0.3 is 19.4 Å². The maximum Gasteiger partial charge on any atom is 0.373 e. The Morgan fingerprint density at radius 2 is 2.07 bits per heavy atom. The molecule has 1 aliphatic carbocycles. The Hall–Kier alpha value is -2.65. The van der Waals surface area contributed by atoms with Crippen molar-refractivity contribution in [1.82, 2.24) is 14.7 Å². The number of furan rings is 1. The summed E-state index contributed by atoms with van der Waals surface area (Å²) in [4.78, 5) is 22.2. The number of carboxylic acid groups (broad SMARTS) is 1. The van der Waals surface area contributed by atoms with Crippen LogP contribution in [0.2, 0.25) is 0 Å². The SMILES string of the molecule is COC(=O)c1ccc(CN2C[C@H]3C[C@@H](n4cccn4)[C@H](O)C[C@H]3C2)o1.O=CO. The average molecular weight is 391 g/mol. The van der Waals surface area contributed by atoms with Crippen LogP contribution >= 0.6 is 0 Å². The molecule has 0 amide bonds. The minimum Gasteiger partial charge on any atom is -0.483 e. The zero-order chi connectivity index (χ0) is 20.1. The summed E-state index contributed by atoms with van der Waals surface area (Å²) in [5.41, 5.74) is 0. The molecule has 0 unspecified atom stereocenters. The normalized spacial score (nSPS) is 26.8. The van der Waals surface area contributed by atoms with Crippen LogP contribution in [0.15, 0.2) is 35.0 Å². The molecule has 152 valence electrons. The van der Waals surface area contributed by atoms with Crippen molar-refractivity contribution < 1.29 is 29.0 Å². The molecule has 28 heavy (non-hydrogen) atoms. The van der Waals surface area contributed by atoms with E-state index in [4.69, 9.17) is 14.3 Å². The first-order valence-electron chi connectivity index (χ1n) is 9.20. The summed E-state index contributed by atoms with van der Waals surface area (Å²) in [6.45, 7) is 2.34. The number of methoxy groups -OCH3 is 1. The Bertz CT molecular complexity index is 774. The molecule has 9 nitrogen and oxygen atoms in total. The van der Waals surface area contributed by atoms with Crippen molar-refractivity contribution in [2.75, 3.05) is 20.2 Å². The number of hydrogen-bond acceptors (Lipinski definition) is 7. The predicted molar refractivity (Wildman–Crippen MR) is 97.5 cm³/mol. The van der Waals surface area contributed by atoms with E-state index in [9.17, 15) is 9.90 Å². The highest BCUT2D eigenvalue weighted by Gasteiger charge is 2.42. The van der Waals surface area contributed by atoms with Crippen LogP contribution in [0.1, 0.15) is 35.2 Å². The molecule has 2 fully saturated rings.